The summed E-state index contributed by atoms with van der Waals surface area (Å²) in [5.74, 6) is 1.47. The fourth-order valence-electron chi connectivity index (χ4n) is 4.01. The third-order valence-corrected chi connectivity index (χ3v) is 5.70. The van der Waals surface area contributed by atoms with Crippen molar-refractivity contribution in [3.8, 4) is 0 Å². The van der Waals surface area contributed by atoms with Crippen LogP contribution in [0.15, 0.2) is 23.2 Å². The van der Waals surface area contributed by atoms with Crippen LogP contribution in [0.2, 0.25) is 0 Å². The average molecular weight is 470 g/mol. The number of nitrogens with two attached hydrogens (primary N) is 1. The zero-order valence-electron chi connectivity index (χ0n) is 16.2. The van der Waals surface area contributed by atoms with Crippen LogP contribution in [-0.2, 0) is 12.8 Å². The van der Waals surface area contributed by atoms with E-state index in [1.807, 2.05) is 0 Å². The van der Waals surface area contributed by atoms with Gasteiger partial charge in [0.15, 0.2) is 5.96 Å². The number of halogens is 1. The van der Waals surface area contributed by atoms with Gasteiger partial charge >= 0.3 is 0 Å². The summed E-state index contributed by atoms with van der Waals surface area (Å²) in [6, 6.07) is 6.50. The molecule has 0 bridgehead atoms. The first kappa shape index (κ1) is 21.5. The fourth-order valence-corrected chi connectivity index (χ4v) is 4.01. The van der Waals surface area contributed by atoms with Gasteiger partial charge < -0.3 is 16.0 Å². The normalized spacial score (nSPS) is 18.9. The van der Waals surface area contributed by atoms with E-state index in [9.17, 15) is 0 Å². The highest BCUT2D eigenvalue weighted by atomic mass is 127. The fraction of sp³-hybridized carbons (Fsp3) is 0.667. The van der Waals surface area contributed by atoms with Crippen LogP contribution in [0.4, 0.5) is 5.69 Å². The highest BCUT2D eigenvalue weighted by Crippen LogP contribution is 2.27. The Morgan fingerprint density at radius 3 is 2.77 bits per heavy atom. The zero-order chi connectivity index (χ0) is 17.5. The number of guanidine groups is 1. The number of benzene rings is 1. The molecule has 2 aliphatic rings. The van der Waals surface area contributed by atoms with Crippen LogP contribution in [0.5, 0.6) is 0 Å². The molecular weight excluding hydrogens is 435 g/mol. The Bertz CT molecular complexity index is 579. The molecule has 26 heavy (non-hydrogen) atoms. The van der Waals surface area contributed by atoms with Crippen LogP contribution in [-0.4, -0.2) is 37.0 Å². The number of anilines is 1. The molecule has 1 aliphatic carbocycles. The molecule has 146 valence electrons. The van der Waals surface area contributed by atoms with Crippen molar-refractivity contribution in [3.63, 3.8) is 0 Å². The van der Waals surface area contributed by atoms with Crippen LogP contribution in [0.1, 0.15) is 56.6 Å². The molecule has 3 N–H and O–H groups in total. The van der Waals surface area contributed by atoms with Gasteiger partial charge in [-0.25, -0.2) is 0 Å². The molecule has 0 spiro atoms. The first-order valence-corrected chi connectivity index (χ1v) is 10.1. The van der Waals surface area contributed by atoms with Crippen molar-refractivity contribution in [1.82, 2.24) is 4.90 Å². The van der Waals surface area contributed by atoms with Gasteiger partial charge in [-0.1, -0.05) is 19.1 Å². The lowest BCUT2D eigenvalue weighted by Gasteiger charge is -2.30. The predicted octanol–water partition coefficient (Wildman–Crippen LogP) is 4.42. The quantitative estimate of drug-likeness (QED) is 0.280. The van der Waals surface area contributed by atoms with E-state index in [1.54, 1.807) is 0 Å². The molecule has 0 aromatic heterocycles. The van der Waals surface area contributed by atoms with E-state index in [0.717, 1.165) is 31.0 Å². The Balaban J connectivity index is 0.00000243. The third-order valence-electron chi connectivity index (χ3n) is 5.70. The van der Waals surface area contributed by atoms with Crippen molar-refractivity contribution >= 4 is 35.6 Å². The summed E-state index contributed by atoms with van der Waals surface area (Å²) in [5, 5.41) is 3.33. The van der Waals surface area contributed by atoms with E-state index >= 15 is 0 Å². The Hall–Kier alpha value is -0.820. The van der Waals surface area contributed by atoms with Gasteiger partial charge in [0.2, 0.25) is 0 Å². The zero-order valence-corrected chi connectivity index (χ0v) is 18.5. The highest BCUT2D eigenvalue weighted by molar-refractivity contribution is 14.0. The standard InChI is InChI=1S/C21H34N4.HI/c1-17-11-15-25(16-12-17)14-5-4-13-23-21(22)24-20-10-6-8-18-7-2-3-9-19(18)20;/h6,8,10,17H,2-5,7,9,11-16H2,1H3,(H3,22,23,24);1H. The maximum atomic E-state index is 6.11. The van der Waals surface area contributed by atoms with Gasteiger partial charge in [-0.2, -0.15) is 0 Å². The lowest BCUT2D eigenvalue weighted by molar-refractivity contribution is 0.190. The third kappa shape index (κ3) is 6.41. The van der Waals surface area contributed by atoms with E-state index in [1.165, 1.54) is 69.3 Å². The van der Waals surface area contributed by atoms with E-state index in [-0.39, 0.29) is 24.0 Å². The number of rotatable bonds is 6. The van der Waals surface area contributed by atoms with E-state index < -0.39 is 0 Å². The predicted molar refractivity (Wildman–Crippen MR) is 123 cm³/mol. The summed E-state index contributed by atoms with van der Waals surface area (Å²) < 4.78 is 0. The highest BCUT2D eigenvalue weighted by Gasteiger charge is 2.15. The minimum atomic E-state index is 0. The van der Waals surface area contributed by atoms with Crippen molar-refractivity contribution in [1.29, 1.82) is 0 Å². The van der Waals surface area contributed by atoms with Gasteiger partial charge in [0.05, 0.1) is 0 Å². The summed E-state index contributed by atoms with van der Waals surface area (Å²) in [6.45, 7) is 6.94. The number of unbranched alkanes of at least 4 members (excludes halogenated alkanes) is 1. The molecular formula is C21H35IN4. The van der Waals surface area contributed by atoms with Crippen molar-refractivity contribution in [2.75, 3.05) is 31.5 Å². The number of piperidine rings is 1. The molecule has 0 unspecified atom stereocenters. The summed E-state index contributed by atoms with van der Waals surface area (Å²) in [6.07, 6.45) is 9.96. The summed E-state index contributed by atoms with van der Waals surface area (Å²) >= 11 is 0. The second-order valence-corrected chi connectivity index (χ2v) is 7.77. The second kappa shape index (κ2) is 11.1. The van der Waals surface area contributed by atoms with Gasteiger partial charge in [-0.15, -0.1) is 24.0 Å². The van der Waals surface area contributed by atoms with E-state index in [0.29, 0.717) is 5.96 Å². The minimum Gasteiger partial charge on any atom is -0.370 e. The number of aliphatic imine (C=N–C) groups is 1. The number of nitrogens with zero attached hydrogens (tertiary/aromatic N) is 2. The van der Waals surface area contributed by atoms with Gasteiger partial charge in [-0.05, 0) is 94.1 Å². The average Bonchev–Trinajstić information content (AvgIpc) is 2.63. The van der Waals surface area contributed by atoms with Gasteiger partial charge in [-0.3, -0.25) is 4.99 Å². The van der Waals surface area contributed by atoms with Crippen LogP contribution in [0, 0.1) is 5.92 Å². The van der Waals surface area contributed by atoms with E-state index in [2.05, 4.69) is 40.3 Å². The number of aryl methyl sites for hydroxylation is 1. The van der Waals surface area contributed by atoms with Crippen molar-refractivity contribution < 1.29 is 0 Å². The largest absolute Gasteiger partial charge is 0.370 e. The molecule has 0 amide bonds. The molecule has 1 aromatic carbocycles. The smallest absolute Gasteiger partial charge is 0.193 e. The molecule has 1 aliphatic heterocycles. The Labute approximate surface area is 176 Å². The van der Waals surface area contributed by atoms with Crippen LogP contribution < -0.4 is 11.1 Å². The number of hydrogen-bond donors (Lipinski definition) is 2. The van der Waals surface area contributed by atoms with Gasteiger partial charge in [0.1, 0.15) is 0 Å². The Morgan fingerprint density at radius 1 is 1.19 bits per heavy atom. The summed E-state index contributed by atoms with van der Waals surface area (Å²) in [5.41, 5.74) is 10.2. The van der Waals surface area contributed by atoms with Crippen molar-refractivity contribution in [2.24, 2.45) is 16.6 Å². The van der Waals surface area contributed by atoms with Crippen LogP contribution in [0.3, 0.4) is 0 Å². The molecule has 1 aromatic rings. The topological polar surface area (TPSA) is 53.6 Å². The molecule has 1 fully saturated rings. The number of hydrogen-bond acceptors (Lipinski definition) is 2. The number of fused-ring (bicyclic) bond motifs is 1. The number of likely N-dealkylation sites (tertiary alicyclic amines) is 1. The Kier molecular flexibility index (Phi) is 9.19. The molecule has 0 saturated carbocycles. The van der Waals surface area contributed by atoms with E-state index in [4.69, 9.17) is 5.73 Å². The van der Waals surface area contributed by atoms with Gasteiger partial charge in [0, 0.05) is 12.2 Å². The summed E-state index contributed by atoms with van der Waals surface area (Å²) in [7, 11) is 0. The van der Waals surface area contributed by atoms with Gasteiger partial charge in [0.25, 0.3) is 0 Å². The number of nitrogens with one attached hydrogen (secondary N) is 1. The first-order valence-electron chi connectivity index (χ1n) is 10.1. The molecule has 3 rings (SSSR count). The van der Waals surface area contributed by atoms with Crippen molar-refractivity contribution in [3.05, 3.63) is 29.3 Å². The summed E-state index contributed by atoms with van der Waals surface area (Å²) in [4.78, 5) is 7.13. The Morgan fingerprint density at radius 2 is 1.96 bits per heavy atom. The molecule has 5 heteroatoms. The SMILES string of the molecule is CC1CCN(CCCCN=C(N)Nc2cccc3c2CCCC3)CC1.I. The monoisotopic (exact) mass is 470 g/mol. The minimum absolute atomic E-state index is 0. The maximum absolute atomic E-state index is 6.11. The maximum Gasteiger partial charge on any atom is 0.193 e. The first-order chi connectivity index (χ1) is 12.2. The van der Waals surface area contributed by atoms with Crippen LogP contribution in [0.25, 0.3) is 0 Å². The van der Waals surface area contributed by atoms with Crippen molar-refractivity contribution in [2.45, 2.75) is 58.3 Å². The molecule has 1 saturated heterocycles. The molecule has 0 radical (unpaired) electrons. The molecule has 0 atom stereocenters. The molecule has 4 nitrogen and oxygen atoms in total. The molecule has 1 heterocycles. The lowest BCUT2D eigenvalue weighted by Crippen LogP contribution is -2.33. The second-order valence-electron chi connectivity index (χ2n) is 7.77. The van der Waals surface area contributed by atoms with Crippen LogP contribution >= 0.6 is 24.0 Å². The lowest BCUT2D eigenvalue weighted by atomic mass is 9.90.